The van der Waals surface area contributed by atoms with Crippen LogP contribution in [0.1, 0.15) is 233 Å². The Balaban J connectivity index is 2.77. The van der Waals surface area contributed by atoms with Crippen LogP contribution in [0.25, 0.3) is 0 Å². The highest BCUT2D eigenvalue weighted by atomic mass is 16.7. The van der Waals surface area contributed by atoms with Crippen molar-refractivity contribution >= 4 is 11.9 Å². The van der Waals surface area contributed by atoms with Crippen molar-refractivity contribution < 1.29 is 49.3 Å². The van der Waals surface area contributed by atoms with Crippen molar-refractivity contribution in [3.05, 3.63) is 72.9 Å². The first-order valence-electron chi connectivity index (χ1n) is 28.8. The molecule has 11 nitrogen and oxygen atoms in total. The van der Waals surface area contributed by atoms with Gasteiger partial charge < -0.3 is 45.1 Å². The lowest BCUT2D eigenvalue weighted by atomic mass is 9.99. The first-order valence-corrected chi connectivity index (χ1v) is 28.8. The Morgan fingerprint density at radius 1 is 0.563 bits per heavy atom. The fourth-order valence-electron chi connectivity index (χ4n) is 8.67. The van der Waals surface area contributed by atoms with Gasteiger partial charge in [0.15, 0.2) is 12.4 Å². The summed E-state index contributed by atoms with van der Waals surface area (Å²) in [5.74, 6) is -1.24. The van der Waals surface area contributed by atoms with Crippen LogP contribution in [-0.2, 0) is 23.8 Å². The smallest absolute Gasteiger partial charge is 0.306 e. The molecule has 1 saturated heterocycles. The number of hydrogen-bond donors (Lipinski definition) is 6. The average molecular weight is 1000 g/mol. The van der Waals surface area contributed by atoms with E-state index >= 15 is 0 Å². The Kier molecular flexibility index (Phi) is 44.8. The van der Waals surface area contributed by atoms with Gasteiger partial charge in [-0.3, -0.25) is 9.59 Å². The quantitative estimate of drug-likeness (QED) is 0.0149. The molecule has 0 aromatic carbocycles. The lowest BCUT2D eigenvalue weighted by molar-refractivity contribution is -0.305. The van der Waals surface area contributed by atoms with Crippen LogP contribution in [0, 0.1) is 0 Å². The Bertz CT molecular complexity index is 1430. The van der Waals surface area contributed by atoms with Gasteiger partial charge in [-0.2, -0.15) is 0 Å². The molecule has 1 rings (SSSR count). The van der Waals surface area contributed by atoms with Gasteiger partial charge in [0.1, 0.15) is 24.4 Å². The van der Waals surface area contributed by atoms with Gasteiger partial charge in [-0.15, -0.1) is 0 Å². The van der Waals surface area contributed by atoms with Crippen LogP contribution in [0.15, 0.2) is 72.9 Å². The summed E-state index contributed by atoms with van der Waals surface area (Å²) in [6.45, 7) is 5.61. The molecule has 0 radical (unpaired) electrons. The zero-order valence-electron chi connectivity index (χ0n) is 45.1. The highest BCUT2D eigenvalue weighted by Gasteiger charge is 2.47. The number of amides is 1. The predicted molar refractivity (Wildman–Crippen MR) is 292 cm³/mol. The third-order valence-electron chi connectivity index (χ3n) is 13.3. The molecule has 0 aromatic heterocycles. The molecule has 8 unspecified atom stereocenters. The first kappa shape index (κ1) is 66.1. The molecule has 1 fully saturated rings. The number of carbonyl (C=O) groups excluding carboxylic acids is 2. The summed E-state index contributed by atoms with van der Waals surface area (Å²) in [6.07, 6.45) is 49.4. The summed E-state index contributed by atoms with van der Waals surface area (Å²) in [5, 5.41) is 56.8. The molecule has 11 heteroatoms. The van der Waals surface area contributed by atoms with Crippen LogP contribution in [0.4, 0.5) is 0 Å². The number of ether oxygens (including phenoxy) is 3. The van der Waals surface area contributed by atoms with E-state index in [2.05, 4.69) is 38.2 Å². The lowest BCUT2D eigenvalue weighted by Gasteiger charge is -2.41. The van der Waals surface area contributed by atoms with E-state index < -0.39 is 67.4 Å². The average Bonchev–Trinajstić information content (AvgIpc) is 3.37. The maximum absolute atomic E-state index is 13.4. The second kappa shape index (κ2) is 48.1. The fourth-order valence-corrected chi connectivity index (χ4v) is 8.67. The molecule has 1 amide bonds. The third kappa shape index (κ3) is 36.6. The van der Waals surface area contributed by atoms with Crippen molar-refractivity contribution in [3.63, 3.8) is 0 Å². The molecule has 0 aromatic rings. The zero-order valence-corrected chi connectivity index (χ0v) is 45.1. The first-order chi connectivity index (χ1) is 34.7. The SMILES string of the molecule is CC/C=C/C=C/C=C\C=C/C=C/CCCCCC(=O)OC1C(OCC(NC(=O)C(O)CCCCCCCCCCCCCCCC)C(O)/C=C/CCCCCCCCCCCCC)OC(CO)C(O)C1O. The maximum atomic E-state index is 13.4. The van der Waals surface area contributed by atoms with Crippen LogP contribution in [0.3, 0.4) is 0 Å². The van der Waals surface area contributed by atoms with Crippen molar-refractivity contribution in [2.45, 2.75) is 282 Å². The number of aliphatic hydroxyl groups excluding tert-OH is 5. The van der Waals surface area contributed by atoms with Gasteiger partial charge in [-0.05, 0) is 44.9 Å². The monoisotopic (exact) mass is 1000 g/mol. The number of carbonyl (C=O) groups is 2. The second-order valence-corrected chi connectivity index (χ2v) is 19.8. The Labute approximate surface area is 432 Å². The van der Waals surface area contributed by atoms with Gasteiger partial charge in [0.2, 0.25) is 5.91 Å². The largest absolute Gasteiger partial charge is 0.454 e. The van der Waals surface area contributed by atoms with Crippen LogP contribution in [0.5, 0.6) is 0 Å². The molecule has 0 saturated carbocycles. The number of hydrogen-bond acceptors (Lipinski definition) is 10. The standard InChI is InChI=1S/C60H105NO10/c1-4-7-10-13-16-19-22-25-27-30-33-36-39-42-45-48-55(65)71-58-57(67)56(66)54(49-62)70-60(58)69-50-51(52(63)46-43-40-37-34-31-28-24-21-18-15-12-9-6-3)61-59(68)53(64)47-44-41-38-35-32-29-26-23-20-17-14-11-8-5-2/h7,10,13,16,19,22,25,27,30,33,43,46,51-54,56-58,60,62-64,66-67H,4-6,8-9,11-12,14-15,17-18,20-21,23-24,26,28-29,31-32,34-42,44-45,47-50H2,1-3H3,(H,61,68)/b10-7+,16-13+,22-19-,27-25-,33-30+,46-43+. The van der Waals surface area contributed by atoms with E-state index in [9.17, 15) is 35.1 Å². The summed E-state index contributed by atoms with van der Waals surface area (Å²) in [4.78, 5) is 26.4. The summed E-state index contributed by atoms with van der Waals surface area (Å²) >= 11 is 0. The molecule has 1 heterocycles. The molecule has 0 aliphatic carbocycles. The highest BCUT2D eigenvalue weighted by molar-refractivity contribution is 5.80. The molecule has 0 bridgehead atoms. The van der Waals surface area contributed by atoms with E-state index in [0.29, 0.717) is 12.8 Å². The topological polar surface area (TPSA) is 175 Å². The van der Waals surface area contributed by atoms with Crippen molar-refractivity contribution in [2.75, 3.05) is 13.2 Å². The number of rotatable bonds is 47. The molecule has 1 aliphatic heterocycles. The Hall–Kier alpha value is -2.90. The molecule has 8 atom stereocenters. The fraction of sp³-hybridized carbons (Fsp3) is 0.767. The van der Waals surface area contributed by atoms with E-state index in [1.54, 1.807) is 6.08 Å². The van der Waals surface area contributed by atoms with Crippen LogP contribution in [-0.4, -0.2) is 99.6 Å². The van der Waals surface area contributed by atoms with Crippen molar-refractivity contribution in [1.29, 1.82) is 0 Å². The molecular formula is C60H105NO10. The normalized spacial score (nSPS) is 20.1. The van der Waals surface area contributed by atoms with Gasteiger partial charge >= 0.3 is 5.97 Å². The molecule has 71 heavy (non-hydrogen) atoms. The van der Waals surface area contributed by atoms with E-state index in [4.69, 9.17) is 14.2 Å². The summed E-state index contributed by atoms with van der Waals surface area (Å²) < 4.78 is 17.5. The minimum atomic E-state index is -1.63. The lowest BCUT2D eigenvalue weighted by Crippen LogP contribution is -2.61. The summed E-state index contributed by atoms with van der Waals surface area (Å²) in [7, 11) is 0. The van der Waals surface area contributed by atoms with Gasteiger partial charge in [-0.25, -0.2) is 0 Å². The summed E-state index contributed by atoms with van der Waals surface area (Å²) in [6, 6.07) is -1.03. The number of unbranched alkanes of at least 4 members (excludes halogenated alkanes) is 27. The van der Waals surface area contributed by atoms with Gasteiger partial charge in [0.25, 0.3) is 0 Å². The van der Waals surface area contributed by atoms with E-state index in [1.165, 1.54) is 122 Å². The third-order valence-corrected chi connectivity index (χ3v) is 13.3. The zero-order chi connectivity index (χ0) is 51.8. The van der Waals surface area contributed by atoms with Gasteiger partial charge in [-0.1, -0.05) is 254 Å². The molecule has 410 valence electrons. The molecular weight excluding hydrogens is 895 g/mol. The van der Waals surface area contributed by atoms with Crippen LogP contribution >= 0.6 is 0 Å². The summed E-state index contributed by atoms with van der Waals surface area (Å²) in [5.41, 5.74) is 0. The number of aliphatic hydroxyl groups is 5. The molecule has 1 aliphatic rings. The van der Waals surface area contributed by atoms with Crippen molar-refractivity contribution in [2.24, 2.45) is 0 Å². The van der Waals surface area contributed by atoms with Crippen molar-refractivity contribution in [3.8, 4) is 0 Å². The molecule has 0 spiro atoms. The van der Waals surface area contributed by atoms with Gasteiger partial charge in [0, 0.05) is 6.42 Å². The highest BCUT2D eigenvalue weighted by Crippen LogP contribution is 2.26. The van der Waals surface area contributed by atoms with E-state index in [1.807, 2.05) is 54.7 Å². The minimum Gasteiger partial charge on any atom is -0.454 e. The van der Waals surface area contributed by atoms with Gasteiger partial charge in [0.05, 0.1) is 25.4 Å². The van der Waals surface area contributed by atoms with Crippen LogP contribution < -0.4 is 5.32 Å². The Morgan fingerprint density at radius 2 is 1.01 bits per heavy atom. The number of esters is 1. The second-order valence-electron chi connectivity index (χ2n) is 19.8. The van der Waals surface area contributed by atoms with Crippen LogP contribution in [0.2, 0.25) is 0 Å². The van der Waals surface area contributed by atoms with Crippen molar-refractivity contribution in [1.82, 2.24) is 5.32 Å². The Morgan fingerprint density at radius 3 is 1.52 bits per heavy atom. The van der Waals surface area contributed by atoms with E-state index in [0.717, 1.165) is 64.2 Å². The molecule has 6 N–H and O–H groups in total. The van der Waals surface area contributed by atoms with E-state index in [-0.39, 0.29) is 19.4 Å². The predicted octanol–water partition coefficient (Wildman–Crippen LogP) is 12.8. The number of allylic oxidation sites excluding steroid dienone is 11. The maximum Gasteiger partial charge on any atom is 0.306 e. The minimum absolute atomic E-state index is 0.0728. The number of nitrogens with one attached hydrogen (secondary N) is 1.